The number of halogens is 1. The maximum absolute atomic E-state index is 13.0. The number of nitrogens with zero attached hydrogens (tertiary/aromatic N) is 3. The minimum atomic E-state index is -3.65. The summed E-state index contributed by atoms with van der Waals surface area (Å²) in [4.78, 5) is 12.9. The normalized spacial score (nSPS) is 14.1. The van der Waals surface area contributed by atoms with E-state index in [4.69, 9.17) is 5.10 Å². The molecule has 0 fully saturated rings. The van der Waals surface area contributed by atoms with Crippen LogP contribution in [0.1, 0.15) is 21.6 Å². The first-order valence-electron chi connectivity index (χ1n) is 10.5. The van der Waals surface area contributed by atoms with E-state index in [0.717, 1.165) is 15.7 Å². The molecular formula is C26H20BrN3O3S. The van der Waals surface area contributed by atoms with E-state index in [1.807, 2.05) is 43.3 Å². The number of allylic oxidation sites excluding steroid dienone is 1. The van der Waals surface area contributed by atoms with Gasteiger partial charge in [-0.05, 0) is 61.0 Å². The fourth-order valence-electron chi connectivity index (χ4n) is 4.07. The van der Waals surface area contributed by atoms with E-state index in [2.05, 4.69) is 15.9 Å². The number of ketones is 1. The average Bonchev–Trinajstić information content (AvgIpc) is 3.19. The maximum Gasteiger partial charge on any atom is 0.264 e. The highest BCUT2D eigenvalue weighted by molar-refractivity contribution is 9.10. The fraction of sp³-hybridized carbons (Fsp3) is 0.0769. The Kier molecular flexibility index (Phi) is 5.50. The Labute approximate surface area is 206 Å². The molecule has 0 spiro atoms. The quantitative estimate of drug-likeness (QED) is 0.251. The standard InChI is InChI=1S/C26H20BrN3O3S/c1-17-26-25(22-5-3-4-6-24(22)34(32,33)29(26)2)28-30(17)21-14-10-19(11-15-21)23(31)16-9-18-7-12-20(27)13-8-18/h3-16H,1-2H3/b16-9+. The molecule has 0 bridgehead atoms. The lowest BCUT2D eigenvalue weighted by Crippen LogP contribution is -2.30. The van der Waals surface area contributed by atoms with Crippen molar-refractivity contribution in [3.05, 3.63) is 100 Å². The van der Waals surface area contributed by atoms with Crippen molar-refractivity contribution in [1.29, 1.82) is 0 Å². The molecule has 1 aromatic heterocycles. The van der Waals surface area contributed by atoms with Crippen LogP contribution in [0.3, 0.4) is 0 Å². The van der Waals surface area contributed by atoms with E-state index in [-0.39, 0.29) is 10.7 Å². The second-order valence-electron chi connectivity index (χ2n) is 7.96. The Hall–Kier alpha value is -3.49. The minimum absolute atomic E-state index is 0.106. The Morgan fingerprint density at radius 3 is 2.35 bits per heavy atom. The van der Waals surface area contributed by atoms with Gasteiger partial charge < -0.3 is 0 Å². The highest BCUT2D eigenvalue weighted by atomic mass is 79.9. The van der Waals surface area contributed by atoms with Crippen LogP contribution >= 0.6 is 15.9 Å². The summed E-state index contributed by atoms with van der Waals surface area (Å²) in [5.74, 6) is -0.106. The number of sulfonamides is 1. The highest BCUT2D eigenvalue weighted by Crippen LogP contribution is 2.43. The minimum Gasteiger partial charge on any atom is -0.289 e. The molecule has 34 heavy (non-hydrogen) atoms. The zero-order valence-electron chi connectivity index (χ0n) is 18.4. The number of hydrogen-bond donors (Lipinski definition) is 0. The molecule has 1 aliphatic rings. The van der Waals surface area contributed by atoms with Crippen LogP contribution in [0.25, 0.3) is 23.0 Å². The van der Waals surface area contributed by atoms with Crippen molar-refractivity contribution in [3.63, 3.8) is 0 Å². The second kappa shape index (κ2) is 8.38. The van der Waals surface area contributed by atoms with Crippen molar-refractivity contribution in [2.75, 3.05) is 11.4 Å². The molecule has 5 rings (SSSR count). The van der Waals surface area contributed by atoms with Crippen molar-refractivity contribution in [1.82, 2.24) is 9.78 Å². The van der Waals surface area contributed by atoms with Gasteiger partial charge in [-0.15, -0.1) is 0 Å². The molecule has 6 nitrogen and oxygen atoms in total. The summed E-state index contributed by atoms with van der Waals surface area (Å²) in [5, 5.41) is 4.74. The Morgan fingerprint density at radius 1 is 0.971 bits per heavy atom. The fourth-order valence-corrected chi connectivity index (χ4v) is 5.78. The molecule has 1 aliphatic heterocycles. The summed E-state index contributed by atoms with van der Waals surface area (Å²) in [6.45, 7) is 1.84. The van der Waals surface area contributed by atoms with Crippen LogP contribution in [0.5, 0.6) is 0 Å². The molecule has 0 saturated heterocycles. The molecule has 3 aromatic carbocycles. The van der Waals surface area contributed by atoms with Crippen LogP contribution in [0.4, 0.5) is 5.69 Å². The Balaban J connectivity index is 1.48. The zero-order valence-corrected chi connectivity index (χ0v) is 20.8. The number of hydrogen-bond acceptors (Lipinski definition) is 4. The molecule has 0 amide bonds. The van der Waals surface area contributed by atoms with Crippen LogP contribution in [0.2, 0.25) is 0 Å². The molecule has 0 unspecified atom stereocenters. The maximum atomic E-state index is 13.0. The number of rotatable bonds is 4. The molecule has 0 radical (unpaired) electrons. The summed E-state index contributed by atoms with van der Waals surface area (Å²) in [5.41, 5.74) is 4.68. The van der Waals surface area contributed by atoms with Gasteiger partial charge in [0.15, 0.2) is 5.78 Å². The van der Waals surface area contributed by atoms with Crippen molar-refractivity contribution in [2.24, 2.45) is 0 Å². The third-order valence-corrected chi connectivity index (χ3v) is 8.22. The summed E-state index contributed by atoms with van der Waals surface area (Å²) in [6.07, 6.45) is 3.33. The van der Waals surface area contributed by atoms with E-state index in [1.54, 1.807) is 60.3 Å². The van der Waals surface area contributed by atoms with Crippen LogP contribution in [0.15, 0.2) is 88.2 Å². The highest BCUT2D eigenvalue weighted by Gasteiger charge is 2.36. The molecular weight excluding hydrogens is 514 g/mol. The number of aromatic nitrogens is 2. The van der Waals surface area contributed by atoms with Crippen molar-refractivity contribution in [2.45, 2.75) is 11.8 Å². The van der Waals surface area contributed by atoms with Crippen LogP contribution in [0, 0.1) is 6.92 Å². The number of carbonyl (C=O) groups excluding carboxylic acids is 1. The molecule has 0 saturated carbocycles. The van der Waals surface area contributed by atoms with Gasteiger partial charge in [0.25, 0.3) is 10.0 Å². The lowest BCUT2D eigenvalue weighted by Gasteiger charge is -2.26. The summed E-state index contributed by atoms with van der Waals surface area (Å²) in [6, 6.07) is 21.7. The first kappa shape index (κ1) is 22.3. The topological polar surface area (TPSA) is 72.3 Å². The Morgan fingerprint density at radius 2 is 1.65 bits per heavy atom. The van der Waals surface area contributed by atoms with Gasteiger partial charge in [-0.2, -0.15) is 5.10 Å². The summed E-state index contributed by atoms with van der Waals surface area (Å²) in [7, 11) is -2.11. The predicted molar refractivity (Wildman–Crippen MR) is 137 cm³/mol. The number of carbonyl (C=O) groups is 1. The van der Waals surface area contributed by atoms with Gasteiger partial charge in [0.1, 0.15) is 11.4 Å². The predicted octanol–water partition coefficient (Wildman–Crippen LogP) is 5.64. The van der Waals surface area contributed by atoms with Gasteiger partial charge in [0.2, 0.25) is 0 Å². The van der Waals surface area contributed by atoms with Gasteiger partial charge >= 0.3 is 0 Å². The van der Waals surface area contributed by atoms with Crippen molar-refractivity contribution < 1.29 is 13.2 Å². The molecule has 170 valence electrons. The molecule has 4 aromatic rings. The zero-order chi connectivity index (χ0) is 24.0. The first-order valence-corrected chi connectivity index (χ1v) is 12.8. The van der Waals surface area contributed by atoms with Crippen LogP contribution in [-0.4, -0.2) is 31.0 Å². The smallest absolute Gasteiger partial charge is 0.264 e. The summed E-state index contributed by atoms with van der Waals surface area (Å²) >= 11 is 3.40. The summed E-state index contributed by atoms with van der Waals surface area (Å²) < 4.78 is 30.0. The van der Waals surface area contributed by atoms with Gasteiger partial charge in [0.05, 0.1) is 16.3 Å². The second-order valence-corrected chi connectivity index (χ2v) is 10.8. The lowest BCUT2D eigenvalue weighted by atomic mass is 10.1. The third-order valence-electron chi connectivity index (χ3n) is 5.87. The van der Waals surface area contributed by atoms with Crippen molar-refractivity contribution in [3.8, 4) is 16.9 Å². The van der Waals surface area contributed by atoms with Gasteiger partial charge in [0, 0.05) is 22.6 Å². The SMILES string of the molecule is Cc1c2c(nn1-c1ccc(C(=O)/C=C/c3ccc(Br)cc3)cc1)-c1ccccc1S(=O)(=O)N2C. The number of benzene rings is 3. The number of fused-ring (bicyclic) bond motifs is 3. The van der Waals surface area contributed by atoms with E-state index in [9.17, 15) is 13.2 Å². The van der Waals surface area contributed by atoms with E-state index < -0.39 is 10.0 Å². The molecule has 2 heterocycles. The number of anilines is 1. The van der Waals surface area contributed by atoms with E-state index in [1.165, 1.54) is 4.31 Å². The largest absolute Gasteiger partial charge is 0.289 e. The van der Waals surface area contributed by atoms with Crippen LogP contribution in [-0.2, 0) is 10.0 Å². The van der Waals surface area contributed by atoms with Crippen molar-refractivity contribution >= 4 is 43.5 Å². The van der Waals surface area contributed by atoms with Gasteiger partial charge in [-0.1, -0.05) is 52.3 Å². The third kappa shape index (κ3) is 3.69. The van der Waals surface area contributed by atoms with E-state index >= 15 is 0 Å². The molecule has 0 atom stereocenters. The Bertz CT molecular complexity index is 1550. The average molecular weight is 534 g/mol. The van der Waals surface area contributed by atoms with Crippen LogP contribution < -0.4 is 4.31 Å². The monoisotopic (exact) mass is 533 g/mol. The molecule has 0 aliphatic carbocycles. The molecule has 0 N–H and O–H groups in total. The lowest BCUT2D eigenvalue weighted by molar-refractivity contribution is 0.104. The van der Waals surface area contributed by atoms with E-state index in [0.29, 0.717) is 28.2 Å². The first-order chi connectivity index (χ1) is 16.3. The van der Waals surface area contributed by atoms with Gasteiger partial charge in [-0.25, -0.2) is 13.1 Å². The van der Waals surface area contributed by atoms with Gasteiger partial charge in [-0.3, -0.25) is 9.10 Å². The molecule has 8 heteroatoms.